The lowest BCUT2D eigenvalue weighted by atomic mass is 9.94. The fraction of sp³-hybridized carbons (Fsp3) is 0.556. The van der Waals surface area contributed by atoms with Crippen molar-refractivity contribution in [2.45, 2.75) is 89.4 Å². The van der Waals surface area contributed by atoms with E-state index in [1.54, 1.807) is 12.7 Å². The van der Waals surface area contributed by atoms with Gasteiger partial charge in [0.15, 0.2) is 0 Å². The van der Waals surface area contributed by atoms with Crippen LogP contribution in [0.1, 0.15) is 64.2 Å². The van der Waals surface area contributed by atoms with Gasteiger partial charge < -0.3 is 29.6 Å². The van der Waals surface area contributed by atoms with Crippen molar-refractivity contribution in [1.29, 1.82) is 0 Å². The highest BCUT2D eigenvalue weighted by Gasteiger charge is 2.19. The number of imidazole rings is 2. The van der Waals surface area contributed by atoms with Gasteiger partial charge in [-0.2, -0.15) is 0 Å². The largest absolute Gasteiger partial charge is 0.353 e. The Hall–Kier alpha value is -3.18. The SMILES string of the molecule is CN(CCNC(=O)Cn1cnc2cc(Cl)ccc21)C1CCCCC1.CN(CCNC(=O)Cn1cnc2ccc(Cl)cc21)C1CCCCC1. The Bertz CT molecular complexity index is 1630. The normalized spacial score (nSPS) is 16.0. The van der Waals surface area contributed by atoms with Crippen LogP contribution < -0.4 is 10.6 Å². The van der Waals surface area contributed by atoms with Crippen molar-refractivity contribution in [1.82, 2.24) is 39.5 Å². The van der Waals surface area contributed by atoms with Gasteiger partial charge in [-0.05, 0) is 76.2 Å². The lowest BCUT2D eigenvalue weighted by Crippen LogP contribution is -2.40. The summed E-state index contributed by atoms with van der Waals surface area (Å²) >= 11 is 12.0. The van der Waals surface area contributed by atoms with Crippen molar-refractivity contribution in [3.8, 4) is 0 Å². The molecule has 2 heterocycles. The number of likely N-dealkylation sites (N-methyl/N-ethyl adjacent to an activating group) is 2. The topological polar surface area (TPSA) is 100 Å². The number of benzene rings is 2. The van der Waals surface area contributed by atoms with Gasteiger partial charge in [-0.3, -0.25) is 9.59 Å². The third-order valence-corrected chi connectivity index (χ3v) is 10.2. The molecule has 2 fully saturated rings. The Balaban J connectivity index is 0.000000188. The van der Waals surface area contributed by atoms with Crippen LogP contribution in [0.15, 0.2) is 49.1 Å². The second-order valence-electron chi connectivity index (χ2n) is 13.3. The zero-order chi connectivity index (χ0) is 33.9. The first kappa shape index (κ1) is 36.1. The van der Waals surface area contributed by atoms with Crippen molar-refractivity contribution in [3.05, 3.63) is 59.1 Å². The van der Waals surface area contributed by atoms with Crippen LogP contribution in [0.25, 0.3) is 22.1 Å². The molecule has 2 N–H and O–H groups in total. The summed E-state index contributed by atoms with van der Waals surface area (Å²) in [7, 11) is 4.32. The van der Waals surface area contributed by atoms with Gasteiger partial charge in [-0.15, -0.1) is 0 Å². The molecule has 2 aromatic heterocycles. The summed E-state index contributed by atoms with van der Waals surface area (Å²) in [5.41, 5.74) is 3.47. The van der Waals surface area contributed by atoms with E-state index < -0.39 is 0 Å². The molecule has 0 atom stereocenters. The van der Waals surface area contributed by atoms with E-state index in [1.165, 1.54) is 64.2 Å². The fourth-order valence-electron chi connectivity index (χ4n) is 6.89. The minimum absolute atomic E-state index is 0.00585. The summed E-state index contributed by atoms with van der Waals surface area (Å²) in [5, 5.41) is 7.33. The highest BCUT2D eigenvalue weighted by atomic mass is 35.5. The van der Waals surface area contributed by atoms with Gasteiger partial charge in [-0.1, -0.05) is 61.7 Å². The fourth-order valence-corrected chi connectivity index (χ4v) is 7.22. The van der Waals surface area contributed by atoms with E-state index in [9.17, 15) is 9.59 Å². The van der Waals surface area contributed by atoms with Crippen LogP contribution in [0.4, 0.5) is 0 Å². The minimum atomic E-state index is 0.00585. The maximum Gasteiger partial charge on any atom is 0.240 e. The van der Waals surface area contributed by atoms with Crippen molar-refractivity contribution < 1.29 is 9.59 Å². The zero-order valence-electron chi connectivity index (χ0n) is 28.3. The maximum atomic E-state index is 12.2. The molecule has 2 aliphatic rings. The smallest absolute Gasteiger partial charge is 0.240 e. The lowest BCUT2D eigenvalue weighted by molar-refractivity contribution is -0.122. The molecule has 260 valence electrons. The monoisotopic (exact) mass is 696 g/mol. The van der Waals surface area contributed by atoms with Gasteiger partial charge in [0.05, 0.1) is 34.7 Å². The molecule has 10 nitrogen and oxygen atoms in total. The molecule has 48 heavy (non-hydrogen) atoms. The molecule has 0 spiro atoms. The molecule has 2 saturated carbocycles. The molecular formula is C36H50Cl2N8O2. The number of fused-ring (bicyclic) bond motifs is 2. The number of nitrogens with one attached hydrogen (secondary N) is 2. The predicted octanol–water partition coefficient (Wildman–Crippen LogP) is 6.14. The molecule has 2 aliphatic carbocycles. The van der Waals surface area contributed by atoms with Crippen molar-refractivity contribution >= 4 is 57.1 Å². The first-order valence-electron chi connectivity index (χ1n) is 17.4. The van der Waals surface area contributed by atoms with E-state index in [0.29, 0.717) is 35.2 Å². The van der Waals surface area contributed by atoms with E-state index in [4.69, 9.17) is 23.2 Å². The molecule has 4 aromatic rings. The lowest BCUT2D eigenvalue weighted by Gasteiger charge is -2.31. The Morgan fingerprint density at radius 1 is 0.688 bits per heavy atom. The molecular weight excluding hydrogens is 647 g/mol. The number of carbonyl (C=O) groups excluding carboxylic acids is 2. The Morgan fingerprint density at radius 2 is 1.17 bits per heavy atom. The van der Waals surface area contributed by atoms with Crippen molar-refractivity contribution in [3.63, 3.8) is 0 Å². The molecule has 0 radical (unpaired) electrons. The number of amides is 2. The number of nitrogens with zero attached hydrogens (tertiary/aromatic N) is 6. The first-order chi connectivity index (χ1) is 23.3. The molecule has 2 amide bonds. The average molecular weight is 698 g/mol. The average Bonchev–Trinajstić information content (AvgIpc) is 3.68. The Kier molecular flexibility index (Phi) is 13.5. The third-order valence-electron chi connectivity index (χ3n) is 9.76. The van der Waals surface area contributed by atoms with Gasteiger partial charge in [0.1, 0.15) is 13.1 Å². The number of rotatable bonds is 12. The number of aromatic nitrogens is 4. The molecule has 0 bridgehead atoms. The second-order valence-corrected chi connectivity index (χ2v) is 14.1. The second kappa shape index (κ2) is 18.0. The maximum absolute atomic E-state index is 12.2. The van der Waals surface area contributed by atoms with Gasteiger partial charge in [0.2, 0.25) is 11.8 Å². The van der Waals surface area contributed by atoms with Crippen LogP contribution in [-0.4, -0.2) is 93.1 Å². The van der Waals surface area contributed by atoms with Crippen LogP contribution in [0.2, 0.25) is 10.0 Å². The first-order valence-corrected chi connectivity index (χ1v) is 18.2. The van der Waals surface area contributed by atoms with Crippen LogP contribution in [-0.2, 0) is 22.7 Å². The number of hydrogen-bond acceptors (Lipinski definition) is 6. The molecule has 12 heteroatoms. The predicted molar refractivity (Wildman–Crippen MR) is 195 cm³/mol. The van der Waals surface area contributed by atoms with Crippen LogP contribution in [0.3, 0.4) is 0 Å². The quantitative estimate of drug-likeness (QED) is 0.185. The van der Waals surface area contributed by atoms with Crippen LogP contribution in [0.5, 0.6) is 0 Å². The molecule has 2 aromatic carbocycles. The number of halogens is 2. The molecule has 0 aliphatic heterocycles. The Morgan fingerprint density at radius 3 is 1.73 bits per heavy atom. The highest BCUT2D eigenvalue weighted by Crippen LogP contribution is 2.23. The van der Waals surface area contributed by atoms with E-state index >= 15 is 0 Å². The number of carbonyl (C=O) groups is 2. The van der Waals surface area contributed by atoms with E-state index in [-0.39, 0.29) is 24.9 Å². The molecule has 6 rings (SSSR count). The van der Waals surface area contributed by atoms with Crippen LogP contribution in [0, 0.1) is 0 Å². The summed E-state index contributed by atoms with van der Waals surface area (Å²) in [5.74, 6) is 0.0209. The van der Waals surface area contributed by atoms with Gasteiger partial charge >= 0.3 is 0 Å². The Labute approximate surface area is 294 Å². The minimum Gasteiger partial charge on any atom is -0.353 e. The summed E-state index contributed by atoms with van der Waals surface area (Å²) in [6.45, 7) is 3.71. The zero-order valence-corrected chi connectivity index (χ0v) is 29.9. The number of hydrogen-bond donors (Lipinski definition) is 2. The summed E-state index contributed by atoms with van der Waals surface area (Å²) in [6, 6.07) is 12.4. The highest BCUT2D eigenvalue weighted by molar-refractivity contribution is 6.31. The van der Waals surface area contributed by atoms with E-state index in [2.05, 4.69) is 44.5 Å². The van der Waals surface area contributed by atoms with Crippen molar-refractivity contribution in [2.75, 3.05) is 40.3 Å². The van der Waals surface area contributed by atoms with E-state index in [1.807, 2.05) is 45.5 Å². The van der Waals surface area contributed by atoms with Crippen LogP contribution >= 0.6 is 23.2 Å². The summed E-state index contributed by atoms with van der Waals surface area (Å²) in [6.07, 6.45) is 16.6. The summed E-state index contributed by atoms with van der Waals surface area (Å²) < 4.78 is 3.69. The van der Waals surface area contributed by atoms with Gasteiger partial charge in [-0.25, -0.2) is 9.97 Å². The molecule has 0 unspecified atom stereocenters. The molecule has 0 saturated heterocycles. The summed E-state index contributed by atoms with van der Waals surface area (Å²) in [4.78, 5) is 37.7. The van der Waals surface area contributed by atoms with Gasteiger partial charge in [0, 0.05) is 48.3 Å². The third kappa shape index (κ3) is 10.4. The van der Waals surface area contributed by atoms with E-state index in [0.717, 1.165) is 35.2 Å². The van der Waals surface area contributed by atoms with Crippen molar-refractivity contribution in [2.24, 2.45) is 0 Å². The van der Waals surface area contributed by atoms with Gasteiger partial charge in [0.25, 0.3) is 0 Å². The standard InChI is InChI=1S/2C18H25ClN4O/c1-22(15-5-3-2-4-6-15)10-9-20-18(24)12-23-13-21-16-11-14(19)7-8-17(16)23;1-22(15-5-3-2-4-6-15)10-9-20-18(24)12-23-13-21-16-8-7-14(19)11-17(16)23/h2*7-8,11,13,15H,2-6,9-10,12H2,1H3,(H,20,24).